The first-order valence-electron chi connectivity index (χ1n) is 9.74. The largest absolute Gasteiger partial charge is 0.379 e. The van der Waals surface area contributed by atoms with Crippen LogP contribution in [0.25, 0.3) is 0 Å². The lowest BCUT2D eigenvalue weighted by Crippen LogP contribution is -2.41. The SMILES string of the molecule is O=C(Nc1ccc(CCN2CCOCC2)cc1)NC1CCc2[nH]ncc2C1. The average molecular weight is 369 g/mol. The second-order valence-electron chi connectivity index (χ2n) is 7.31. The number of hydrogen-bond acceptors (Lipinski definition) is 4. The van der Waals surface area contributed by atoms with Crippen molar-refractivity contribution < 1.29 is 9.53 Å². The highest BCUT2D eigenvalue weighted by molar-refractivity contribution is 5.89. The van der Waals surface area contributed by atoms with E-state index in [9.17, 15) is 4.79 Å². The zero-order valence-corrected chi connectivity index (χ0v) is 15.5. The van der Waals surface area contributed by atoms with E-state index in [0.29, 0.717) is 0 Å². The smallest absolute Gasteiger partial charge is 0.319 e. The minimum Gasteiger partial charge on any atom is -0.379 e. The van der Waals surface area contributed by atoms with Crippen molar-refractivity contribution in [3.63, 3.8) is 0 Å². The molecule has 0 spiro atoms. The van der Waals surface area contributed by atoms with Gasteiger partial charge in [-0.25, -0.2) is 4.79 Å². The van der Waals surface area contributed by atoms with Crippen LogP contribution in [0.4, 0.5) is 10.5 Å². The van der Waals surface area contributed by atoms with E-state index in [1.165, 1.54) is 16.8 Å². The van der Waals surface area contributed by atoms with E-state index in [1.54, 1.807) is 0 Å². The monoisotopic (exact) mass is 369 g/mol. The molecule has 7 heteroatoms. The highest BCUT2D eigenvalue weighted by Gasteiger charge is 2.21. The number of rotatable bonds is 5. The topological polar surface area (TPSA) is 82.3 Å². The number of carbonyl (C=O) groups is 1. The average Bonchev–Trinajstić information content (AvgIpc) is 3.16. The number of hydrogen-bond donors (Lipinski definition) is 3. The van der Waals surface area contributed by atoms with Crippen LogP contribution in [-0.4, -0.2) is 60.0 Å². The summed E-state index contributed by atoms with van der Waals surface area (Å²) in [6, 6.07) is 8.14. The number of benzene rings is 1. The quantitative estimate of drug-likeness (QED) is 0.753. The van der Waals surface area contributed by atoms with E-state index in [4.69, 9.17) is 4.74 Å². The van der Waals surface area contributed by atoms with Crippen molar-refractivity contribution in [2.24, 2.45) is 0 Å². The first-order chi connectivity index (χ1) is 13.3. The lowest BCUT2D eigenvalue weighted by molar-refractivity contribution is 0.0384. The highest BCUT2D eigenvalue weighted by atomic mass is 16.5. The second-order valence-corrected chi connectivity index (χ2v) is 7.31. The number of anilines is 1. The Kier molecular flexibility index (Phi) is 5.69. The van der Waals surface area contributed by atoms with Gasteiger partial charge in [0.25, 0.3) is 0 Å². The van der Waals surface area contributed by atoms with Crippen LogP contribution in [0.1, 0.15) is 23.2 Å². The Morgan fingerprint density at radius 2 is 2.07 bits per heavy atom. The van der Waals surface area contributed by atoms with Crippen molar-refractivity contribution in [3.8, 4) is 0 Å². The van der Waals surface area contributed by atoms with Crippen molar-refractivity contribution in [1.29, 1.82) is 0 Å². The lowest BCUT2D eigenvalue weighted by Gasteiger charge is -2.26. The lowest BCUT2D eigenvalue weighted by atomic mass is 9.94. The molecule has 2 aromatic rings. The molecule has 1 fully saturated rings. The van der Waals surface area contributed by atoms with Gasteiger partial charge >= 0.3 is 6.03 Å². The third-order valence-electron chi connectivity index (χ3n) is 5.38. The molecule has 1 atom stereocenters. The first kappa shape index (κ1) is 18.0. The Morgan fingerprint density at radius 3 is 2.89 bits per heavy atom. The van der Waals surface area contributed by atoms with Gasteiger partial charge in [-0.3, -0.25) is 10.00 Å². The van der Waals surface area contributed by atoms with E-state index >= 15 is 0 Å². The summed E-state index contributed by atoms with van der Waals surface area (Å²) in [7, 11) is 0. The molecule has 2 heterocycles. The van der Waals surface area contributed by atoms with Gasteiger partial charge in [-0.1, -0.05) is 12.1 Å². The summed E-state index contributed by atoms with van der Waals surface area (Å²) >= 11 is 0. The fourth-order valence-electron chi connectivity index (χ4n) is 3.76. The number of aryl methyl sites for hydroxylation is 1. The maximum atomic E-state index is 12.3. The van der Waals surface area contributed by atoms with E-state index in [2.05, 4.69) is 37.9 Å². The standard InChI is InChI=1S/C20H27N5O2/c26-20(23-18-5-6-19-16(13-18)14-21-24-19)22-17-3-1-15(2-4-17)7-8-25-9-11-27-12-10-25/h1-4,14,18H,5-13H2,(H,21,24)(H2,22,23,26). The molecule has 144 valence electrons. The molecule has 1 aromatic carbocycles. The van der Waals surface area contributed by atoms with Crippen LogP contribution in [0.3, 0.4) is 0 Å². The number of ether oxygens (including phenoxy) is 1. The van der Waals surface area contributed by atoms with Gasteiger partial charge in [0.2, 0.25) is 0 Å². The van der Waals surface area contributed by atoms with Gasteiger partial charge in [0.1, 0.15) is 0 Å². The number of aromatic nitrogens is 2. The van der Waals surface area contributed by atoms with Crippen molar-refractivity contribution in [2.75, 3.05) is 38.2 Å². The molecule has 1 unspecified atom stereocenters. The summed E-state index contributed by atoms with van der Waals surface area (Å²) in [5, 5.41) is 13.1. The fraction of sp³-hybridized carbons (Fsp3) is 0.500. The van der Waals surface area contributed by atoms with E-state index in [-0.39, 0.29) is 12.1 Å². The third-order valence-corrected chi connectivity index (χ3v) is 5.38. The molecule has 1 aliphatic carbocycles. The first-order valence-corrected chi connectivity index (χ1v) is 9.74. The van der Waals surface area contributed by atoms with Gasteiger partial charge in [-0.15, -0.1) is 0 Å². The van der Waals surface area contributed by atoms with Crippen LogP contribution in [-0.2, 0) is 24.0 Å². The van der Waals surface area contributed by atoms with Gasteiger partial charge in [-0.2, -0.15) is 5.10 Å². The summed E-state index contributed by atoms with van der Waals surface area (Å²) in [6.07, 6.45) is 5.57. The molecule has 27 heavy (non-hydrogen) atoms. The minimum atomic E-state index is -0.145. The van der Waals surface area contributed by atoms with Crippen molar-refractivity contribution in [2.45, 2.75) is 31.7 Å². The number of amides is 2. The molecule has 1 aromatic heterocycles. The Labute approximate surface area is 159 Å². The van der Waals surface area contributed by atoms with Crippen molar-refractivity contribution in [1.82, 2.24) is 20.4 Å². The van der Waals surface area contributed by atoms with Crippen LogP contribution in [0.15, 0.2) is 30.5 Å². The maximum Gasteiger partial charge on any atom is 0.319 e. The van der Waals surface area contributed by atoms with Gasteiger partial charge in [0.05, 0.1) is 19.4 Å². The molecule has 3 N–H and O–H groups in total. The molecule has 4 rings (SSSR count). The highest BCUT2D eigenvalue weighted by Crippen LogP contribution is 2.19. The number of morpholine rings is 1. The third kappa shape index (κ3) is 4.87. The molecular weight excluding hydrogens is 342 g/mol. The van der Waals surface area contributed by atoms with Gasteiger partial charge in [0, 0.05) is 37.1 Å². The normalized spacial score (nSPS) is 20.1. The zero-order chi connectivity index (χ0) is 18.5. The number of nitrogens with zero attached hydrogens (tertiary/aromatic N) is 2. The Morgan fingerprint density at radius 1 is 1.26 bits per heavy atom. The molecular formula is C20H27N5O2. The molecule has 0 radical (unpaired) electrons. The van der Waals surface area contributed by atoms with E-state index in [0.717, 1.165) is 64.2 Å². The molecule has 0 bridgehead atoms. The van der Waals surface area contributed by atoms with Crippen LogP contribution in [0, 0.1) is 0 Å². The van der Waals surface area contributed by atoms with Crippen LogP contribution >= 0.6 is 0 Å². The molecule has 2 amide bonds. The molecule has 7 nitrogen and oxygen atoms in total. The number of carbonyl (C=O) groups excluding carboxylic acids is 1. The van der Waals surface area contributed by atoms with Crippen LogP contribution in [0.2, 0.25) is 0 Å². The van der Waals surface area contributed by atoms with Crippen molar-refractivity contribution in [3.05, 3.63) is 47.3 Å². The number of urea groups is 1. The number of fused-ring (bicyclic) bond motifs is 1. The summed E-state index contributed by atoms with van der Waals surface area (Å²) < 4.78 is 5.38. The Hall–Kier alpha value is -2.38. The van der Waals surface area contributed by atoms with E-state index in [1.807, 2.05) is 18.3 Å². The fourth-order valence-corrected chi connectivity index (χ4v) is 3.76. The Bertz CT molecular complexity index is 752. The van der Waals surface area contributed by atoms with Crippen molar-refractivity contribution >= 4 is 11.7 Å². The van der Waals surface area contributed by atoms with Crippen LogP contribution < -0.4 is 10.6 Å². The summed E-state index contributed by atoms with van der Waals surface area (Å²) in [6.45, 7) is 4.75. The van der Waals surface area contributed by atoms with E-state index < -0.39 is 0 Å². The van der Waals surface area contributed by atoms with Gasteiger partial charge in [-0.05, 0) is 48.9 Å². The number of H-pyrrole nitrogens is 1. The predicted octanol–water partition coefficient (Wildman–Crippen LogP) is 1.96. The number of aromatic amines is 1. The predicted molar refractivity (Wildman–Crippen MR) is 104 cm³/mol. The Balaban J connectivity index is 1.22. The summed E-state index contributed by atoms with van der Waals surface area (Å²) in [5.74, 6) is 0. The zero-order valence-electron chi connectivity index (χ0n) is 15.5. The summed E-state index contributed by atoms with van der Waals surface area (Å²) in [4.78, 5) is 14.7. The number of nitrogens with one attached hydrogen (secondary N) is 3. The second kappa shape index (κ2) is 8.54. The van der Waals surface area contributed by atoms with Crippen LogP contribution in [0.5, 0.6) is 0 Å². The minimum absolute atomic E-state index is 0.145. The maximum absolute atomic E-state index is 12.3. The molecule has 1 saturated heterocycles. The summed E-state index contributed by atoms with van der Waals surface area (Å²) in [5.41, 5.74) is 4.51. The van der Waals surface area contributed by atoms with Gasteiger partial charge in [0.15, 0.2) is 0 Å². The molecule has 2 aliphatic rings. The molecule has 1 aliphatic heterocycles. The molecule has 0 saturated carbocycles. The van der Waals surface area contributed by atoms with Gasteiger partial charge < -0.3 is 15.4 Å².